The first-order valence-corrected chi connectivity index (χ1v) is 8.19. The van der Waals surface area contributed by atoms with Crippen molar-refractivity contribution in [2.75, 3.05) is 13.1 Å². The zero-order valence-electron chi connectivity index (χ0n) is 13.2. The molecular formula is C18H26BrN. The zero-order valence-corrected chi connectivity index (χ0v) is 14.8. The molecule has 0 radical (unpaired) electrons. The van der Waals surface area contributed by atoms with Gasteiger partial charge in [-0.2, -0.15) is 0 Å². The Labute approximate surface area is 132 Å². The Morgan fingerprint density at radius 2 is 1.95 bits per heavy atom. The normalized spacial score (nSPS) is 15.0. The molecule has 0 spiro atoms. The number of allylic oxidation sites excluding steroid dienone is 1. The van der Waals surface area contributed by atoms with Crippen molar-refractivity contribution in [3.63, 3.8) is 0 Å². The average Bonchev–Trinajstić information content (AvgIpc) is 2.69. The van der Waals surface area contributed by atoms with Crippen LogP contribution in [0.1, 0.15) is 49.4 Å². The summed E-state index contributed by atoms with van der Waals surface area (Å²) in [6.45, 7) is 15.4. The summed E-state index contributed by atoms with van der Waals surface area (Å²) in [5.74, 6) is 0. The van der Waals surface area contributed by atoms with Crippen molar-refractivity contribution in [1.29, 1.82) is 0 Å². The molecule has 0 unspecified atom stereocenters. The molecule has 1 aromatic carbocycles. The zero-order chi connectivity index (χ0) is 14.9. The van der Waals surface area contributed by atoms with Gasteiger partial charge in [0.2, 0.25) is 0 Å². The quantitative estimate of drug-likeness (QED) is 0.687. The largest absolute Gasteiger partial charge is 0.242 e. The summed E-state index contributed by atoms with van der Waals surface area (Å²) >= 11 is 3.69. The van der Waals surface area contributed by atoms with Crippen molar-refractivity contribution < 1.29 is 0 Å². The van der Waals surface area contributed by atoms with Crippen LogP contribution in [0.15, 0.2) is 18.7 Å². The molecule has 0 saturated carbocycles. The standard InChI is InChI=1S/C18H26BrN/c1-13-6-8-17-14(2)15(7-9-16(13)17)10-11-20(19)12-18(3,4)5/h7,9H,1,6,8,10-12H2,2-5H3. The van der Waals surface area contributed by atoms with Crippen LogP contribution in [-0.4, -0.2) is 17.0 Å². The fraction of sp³-hybridized carbons (Fsp3) is 0.556. The monoisotopic (exact) mass is 335 g/mol. The van der Waals surface area contributed by atoms with Crippen molar-refractivity contribution in [2.24, 2.45) is 5.41 Å². The van der Waals surface area contributed by atoms with Gasteiger partial charge in [0.15, 0.2) is 0 Å². The molecule has 1 aliphatic rings. The Kier molecular flexibility index (Phi) is 4.76. The molecule has 1 aliphatic carbocycles. The van der Waals surface area contributed by atoms with Gasteiger partial charge in [-0.15, -0.1) is 0 Å². The molecule has 2 rings (SSSR count). The Morgan fingerprint density at radius 3 is 2.60 bits per heavy atom. The Morgan fingerprint density at radius 1 is 1.25 bits per heavy atom. The fourth-order valence-corrected chi connectivity index (χ4v) is 3.91. The van der Waals surface area contributed by atoms with Crippen LogP contribution in [0.2, 0.25) is 0 Å². The van der Waals surface area contributed by atoms with Crippen LogP contribution in [0.5, 0.6) is 0 Å². The lowest BCUT2D eigenvalue weighted by Crippen LogP contribution is -2.26. The lowest BCUT2D eigenvalue weighted by molar-refractivity contribution is 0.309. The SMILES string of the molecule is C=C1CCc2c1ccc(CCN(Br)CC(C)(C)C)c2C. The third-order valence-electron chi connectivity index (χ3n) is 4.04. The predicted molar refractivity (Wildman–Crippen MR) is 92.2 cm³/mol. The minimum Gasteiger partial charge on any atom is -0.242 e. The second-order valence-electron chi connectivity index (χ2n) is 7.13. The Balaban J connectivity index is 2.03. The van der Waals surface area contributed by atoms with Crippen molar-refractivity contribution in [3.8, 4) is 0 Å². The minimum absolute atomic E-state index is 0.328. The van der Waals surface area contributed by atoms with Crippen molar-refractivity contribution in [1.82, 2.24) is 3.93 Å². The van der Waals surface area contributed by atoms with E-state index in [-0.39, 0.29) is 0 Å². The number of nitrogens with zero attached hydrogens (tertiary/aromatic N) is 1. The topological polar surface area (TPSA) is 3.24 Å². The number of hydrogen-bond acceptors (Lipinski definition) is 1. The summed E-state index contributed by atoms with van der Waals surface area (Å²) in [5.41, 5.74) is 7.54. The average molecular weight is 336 g/mol. The van der Waals surface area contributed by atoms with Crippen LogP contribution in [0.25, 0.3) is 5.57 Å². The molecule has 0 saturated heterocycles. The second kappa shape index (κ2) is 6.03. The summed E-state index contributed by atoms with van der Waals surface area (Å²) in [4.78, 5) is 0. The van der Waals surface area contributed by atoms with Gasteiger partial charge in [0, 0.05) is 29.2 Å². The minimum atomic E-state index is 0.328. The fourth-order valence-electron chi connectivity index (χ4n) is 2.98. The highest BCUT2D eigenvalue weighted by molar-refractivity contribution is 9.07. The molecule has 0 aromatic heterocycles. The van der Waals surface area contributed by atoms with E-state index in [9.17, 15) is 0 Å². The molecule has 0 bridgehead atoms. The van der Waals surface area contributed by atoms with Crippen molar-refractivity contribution in [3.05, 3.63) is 41.0 Å². The summed E-state index contributed by atoms with van der Waals surface area (Å²) in [6.07, 6.45) is 3.41. The van der Waals surface area contributed by atoms with Crippen LogP contribution >= 0.6 is 16.1 Å². The van der Waals surface area contributed by atoms with E-state index in [1.54, 1.807) is 0 Å². The Bertz CT molecular complexity index is 511. The summed E-state index contributed by atoms with van der Waals surface area (Å²) in [6, 6.07) is 4.57. The molecule has 0 heterocycles. The van der Waals surface area contributed by atoms with Gasteiger partial charge >= 0.3 is 0 Å². The van der Waals surface area contributed by atoms with E-state index in [2.05, 4.69) is 66.5 Å². The number of rotatable bonds is 4. The maximum Gasteiger partial charge on any atom is 0.0141 e. The molecular weight excluding hydrogens is 310 g/mol. The third-order valence-corrected chi connectivity index (χ3v) is 4.64. The van der Waals surface area contributed by atoms with Crippen LogP contribution < -0.4 is 0 Å². The summed E-state index contributed by atoms with van der Waals surface area (Å²) < 4.78 is 2.26. The first kappa shape index (κ1) is 15.8. The van der Waals surface area contributed by atoms with E-state index >= 15 is 0 Å². The van der Waals surface area contributed by atoms with E-state index in [1.807, 2.05) is 0 Å². The van der Waals surface area contributed by atoms with E-state index in [0.29, 0.717) is 5.41 Å². The predicted octanol–water partition coefficient (Wildman–Crippen LogP) is 5.15. The number of halogens is 1. The van der Waals surface area contributed by atoms with Gasteiger partial charge in [-0.1, -0.05) is 39.5 Å². The molecule has 1 nitrogen and oxygen atoms in total. The highest BCUT2D eigenvalue weighted by Gasteiger charge is 2.19. The van der Waals surface area contributed by atoms with Crippen molar-refractivity contribution in [2.45, 2.75) is 47.0 Å². The molecule has 20 heavy (non-hydrogen) atoms. The molecule has 2 heteroatoms. The van der Waals surface area contributed by atoms with Gasteiger partial charge in [-0.05, 0) is 59.4 Å². The first-order chi connectivity index (χ1) is 9.28. The van der Waals surface area contributed by atoms with E-state index in [4.69, 9.17) is 0 Å². The maximum atomic E-state index is 4.17. The van der Waals surface area contributed by atoms with Gasteiger partial charge < -0.3 is 0 Å². The van der Waals surface area contributed by atoms with Crippen LogP contribution in [0, 0.1) is 12.3 Å². The van der Waals surface area contributed by atoms with Crippen LogP contribution in [0.4, 0.5) is 0 Å². The maximum absolute atomic E-state index is 4.17. The lowest BCUT2D eigenvalue weighted by Gasteiger charge is -2.25. The highest BCUT2D eigenvalue weighted by Crippen LogP contribution is 2.34. The van der Waals surface area contributed by atoms with Crippen LogP contribution in [-0.2, 0) is 12.8 Å². The second-order valence-corrected chi connectivity index (χ2v) is 8.14. The van der Waals surface area contributed by atoms with Gasteiger partial charge in [-0.3, -0.25) is 0 Å². The van der Waals surface area contributed by atoms with Crippen molar-refractivity contribution >= 4 is 21.7 Å². The Hall–Kier alpha value is -0.600. The smallest absolute Gasteiger partial charge is 0.0141 e. The van der Waals surface area contributed by atoms with Gasteiger partial charge in [0.1, 0.15) is 0 Å². The molecule has 0 atom stereocenters. The highest BCUT2D eigenvalue weighted by atomic mass is 79.9. The molecule has 0 amide bonds. The van der Waals surface area contributed by atoms with E-state index < -0.39 is 0 Å². The molecule has 1 aromatic rings. The first-order valence-electron chi connectivity index (χ1n) is 7.48. The van der Waals surface area contributed by atoms with Gasteiger partial charge in [-0.25, -0.2) is 3.93 Å². The number of benzene rings is 1. The van der Waals surface area contributed by atoms with E-state index in [0.717, 1.165) is 25.9 Å². The molecule has 0 aliphatic heterocycles. The van der Waals surface area contributed by atoms with Crippen LogP contribution in [0.3, 0.4) is 0 Å². The third kappa shape index (κ3) is 3.73. The lowest BCUT2D eigenvalue weighted by atomic mass is 9.95. The number of hydrogen-bond donors (Lipinski definition) is 0. The van der Waals surface area contributed by atoms with E-state index in [1.165, 1.54) is 34.2 Å². The molecule has 0 N–H and O–H groups in total. The molecule has 0 fully saturated rings. The van der Waals surface area contributed by atoms with Gasteiger partial charge in [0.25, 0.3) is 0 Å². The van der Waals surface area contributed by atoms with Gasteiger partial charge in [0.05, 0.1) is 0 Å². The molecule has 110 valence electrons. The number of fused-ring (bicyclic) bond motifs is 1. The summed E-state index contributed by atoms with van der Waals surface area (Å²) in [7, 11) is 0. The summed E-state index contributed by atoms with van der Waals surface area (Å²) in [5, 5.41) is 0.